The summed E-state index contributed by atoms with van der Waals surface area (Å²) in [6.45, 7) is 6.59. The van der Waals surface area contributed by atoms with Crippen molar-refractivity contribution >= 4 is 102 Å². The number of fused-ring (bicyclic) bond motifs is 2. The highest BCUT2D eigenvalue weighted by atomic mass is 32.2. The quantitative estimate of drug-likeness (QED) is 0.0336. The smallest absolute Gasteiger partial charge is 0.263 e. The summed E-state index contributed by atoms with van der Waals surface area (Å²) >= 11 is 0. The van der Waals surface area contributed by atoms with E-state index in [2.05, 4.69) is 53.1 Å². The number of aryl methyl sites for hydroxylation is 2. The van der Waals surface area contributed by atoms with E-state index >= 15 is 0 Å². The summed E-state index contributed by atoms with van der Waals surface area (Å²) in [6, 6.07) is 36.3. The second kappa shape index (κ2) is 24.0. The van der Waals surface area contributed by atoms with Crippen LogP contribution in [0.1, 0.15) is 23.6 Å². The zero-order valence-electron chi connectivity index (χ0n) is 45.7. The van der Waals surface area contributed by atoms with E-state index in [0.717, 1.165) is 28.1 Å². The van der Waals surface area contributed by atoms with Crippen LogP contribution in [0.3, 0.4) is 0 Å². The van der Waals surface area contributed by atoms with Gasteiger partial charge in [0.25, 0.3) is 10.0 Å². The maximum atomic E-state index is 14.1. The zero-order valence-corrected chi connectivity index (χ0v) is 46.5. The number of anilines is 9. The van der Waals surface area contributed by atoms with E-state index in [0.29, 0.717) is 80.7 Å². The topological polar surface area (TPSA) is 252 Å². The van der Waals surface area contributed by atoms with Crippen molar-refractivity contribution in [3.8, 4) is 28.4 Å². The van der Waals surface area contributed by atoms with Gasteiger partial charge < -0.3 is 51.0 Å². The fraction of sp³-hybridized carbons (Fsp3) is 0.197. The number of nitrogens with zero attached hydrogens (tertiary/aromatic N) is 5. The maximum absolute atomic E-state index is 14.1. The minimum absolute atomic E-state index is 0.0492. The number of aromatic nitrogens is 4. The maximum Gasteiger partial charge on any atom is 0.263 e. The van der Waals surface area contributed by atoms with Gasteiger partial charge in [0.05, 0.1) is 55.3 Å². The van der Waals surface area contributed by atoms with Crippen molar-refractivity contribution in [1.29, 1.82) is 0 Å². The highest BCUT2D eigenvalue weighted by molar-refractivity contribution is 7.92. The van der Waals surface area contributed by atoms with Gasteiger partial charge in [0.2, 0.25) is 17.7 Å². The van der Waals surface area contributed by atoms with Crippen LogP contribution in [0.5, 0.6) is 17.2 Å². The van der Waals surface area contributed by atoms with Gasteiger partial charge in [-0.15, -0.1) is 0 Å². The number of hydrogen-bond acceptors (Lipinski definition) is 16. The van der Waals surface area contributed by atoms with Gasteiger partial charge in [0.15, 0.2) is 23.3 Å². The summed E-state index contributed by atoms with van der Waals surface area (Å²) in [5.74, 6) is 1.32. The van der Waals surface area contributed by atoms with Crippen LogP contribution in [0, 0.1) is 19.8 Å². The normalized spacial score (nSPS) is 12.4. The molecule has 416 valence electrons. The third kappa shape index (κ3) is 12.9. The lowest BCUT2D eigenvalue weighted by molar-refractivity contribution is -0.139. The fourth-order valence-electron chi connectivity index (χ4n) is 9.21. The summed E-state index contributed by atoms with van der Waals surface area (Å²) in [6.07, 6.45) is 3.89. The highest BCUT2D eigenvalue weighted by Gasteiger charge is 2.34. The fourth-order valence-corrected chi connectivity index (χ4v) is 10.3. The number of ether oxygens (including phenoxy) is 3. The van der Waals surface area contributed by atoms with Crippen LogP contribution in [0.25, 0.3) is 34.0 Å². The molecule has 1 aliphatic carbocycles. The summed E-state index contributed by atoms with van der Waals surface area (Å²) in [7, 11) is 0.336. The Bertz CT molecular complexity index is 4120. The van der Waals surface area contributed by atoms with Gasteiger partial charge in [0, 0.05) is 73.2 Å². The van der Waals surface area contributed by atoms with Crippen LogP contribution in [0.2, 0.25) is 0 Å². The summed E-state index contributed by atoms with van der Waals surface area (Å²) < 4.78 is 48.4. The molecule has 7 N–H and O–H groups in total. The third-order valence-electron chi connectivity index (χ3n) is 13.5. The second-order valence-electron chi connectivity index (χ2n) is 19.5. The minimum Gasteiger partial charge on any atom is -0.497 e. The van der Waals surface area contributed by atoms with E-state index in [1.54, 1.807) is 42.4 Å². The molecule has 6 aromatic carbocycles. The lowest BCUT2D eigenvalue weighted by atomic mass is 9.99. The van der Waals surface area contributed by atoms with Crippen molar-refractivity contribution in [1.82, 2.24) is 24.8 Å². The van der Waals surface area contributed by atoms with E-state index in [4.69, 9.17) is 29.2 Å². The Hall–Kier alpha value is -10.2. The molecule has 0 saturated carbocycles. The van der Waals surface area contributed by atoms with Crippen LogP contribution in [-0.2, 0) is 30.8 Å². The summed E-state index contributed by atoms with van der Waals surface area (Å²) in [5, 5.41) is 19.8. The molecule has 3 amide bonds. The van der Waals surface area contributed by atoms with E-state index in [1.807, 2.05) is 98.8 Å². The molecule has 10 rings (SSSR count). The summed E-state index contributed by atoms with van der Waals surface area (Å²) in [5.41, 5.74) is 14.3. The standard InChI is InChI=1S/C61H58N12O8S/c1-36-17-20-42(21-18-36)63-33-55(75)64-43-12-9-11-39(27-43)23-24-62-57-58(65-45-25-37(2)26-47(29-45)79-4)69-51-22-19-40(28-52(51)71-57)56-53(80-5)31-46(32-54(56)81-6)66-59-60(70-50-16-8-7-15-49(50)68-59)72-82(77,78)48-14-10-13-44(30-48)67-61(76)41-34-73(35-41)38(3)74/h7,9-15,17-22,25-32,41,63H,23-24,33-35H2,1-6H3,(H,62,71)(H,64,75)(H,65,69)(H,66,68)(H,67,76)(H,70,72). The predicted octanol–water partition coefficient (Wildman–Crippen LogP) is 8.02. The van der Waals surface area contributed by atoms with Crippen LogP contribution in [0.15, 0.2) is 138 Å². The number of nitrogens with one attached hydrogen (secondary N) is 7. The number of amides is 3. The van der Waals surface area contributed by atoms with Crippen LogP contribution < -0.4 is 61.5 Å². The van der Waals surface area contributed by atoms with Crippen LogP contribution in [0.4, 0.5) is 51.7 Å². The molecule has 20 nitrogen and oxygen atoms in total. The molecule has 3 heterocycles. The van der Waals surface area contributed by atoms with Crippen molar-refractivity contribution in [3.63, 3.8) is 0 Å². The van der Waals surface area contributed by atoms with Crippen LogP contribution >= 0.6 is 0 Å². The van der Waals surface area contributed by atoms with Crippen LogP contribution in [-0.4, -0.2) is 98.5 Å². The van der Waals surface area contributed by atoms with Gasteiger partial charge in [-0.1, -0.05) is 47.7 Å². The molecular formula is C61H58N12O8S. The number of likely N-dealkylation sites (tertiary alicyclic amines) is 1. The predicted molar refractivity (Wildman–Crippen MR) is 318 cm³/mol. The first-order valence-electron chi connectivity index (χ1n) is 26.1. The van der Waals surface area contributed by atoms with Gasteiger partial charge in [-0.05, 0) is 122 Å². The van der Waals surface area contributed by atoms with E-state index in [9.17, 15) is 22.8 Å². The number of methoxy groups -OCH3 is 3. The largest absolute Gasteiger partial charge is 0.497 e. The van der Waals surface area contributed by atoms with E-state index < -0.39 is 15.9 Å². The molecule has 1 fully saturated rings. The van der Waals surface area contributed by atoms with Gasteiger partial charge in [-0.3, -0.25) is 19.1 Å². The van der Waals surface area contributed by atoms with Crippen molar-refractivity contribution in [2.45, 2.75) is 32.1 Å². The molecule has 0 atom stereocenters. The Balaban J connectivity index is 0.908. The number of hydrogen-bond donors (Lipinski definition) is 7. The molecule has 2 aromatic heterocycles. The lowest BCUT2D eigenvalue weighted by Crippen LogP contribution is -2.53. The van der Waals surface area contributed by atoms with E-state index in [1.165, 1.54) is 39.3 Å². The molecule has 8 aromatic rings. The van der Waals surface area contributed by atoms with Gasteiger partial charge in [0.1, 0.15) is 27.9 Å². The average Bonchev–Trinajstić information content (AvgIpc) is 3.53. The van der Waals surface area contributed by atoms with Crippen molar-refractivity contribution in [2.75, 3.05) is 84.1 Å². The monoisotopic (exact) mass is 1120 g/mol. The molecule has 1 aliphatic heterocycles. The molecule has 0 bridgehead atoms. The first-order valence-corrected chi connectivity index (χ1v) is 27.6. The van der Waals surface area contributed by atoms with Gasteiger partial charge >= 0.3 is 0 Å². The van der Waals surface area contributed by atoms with Crippen molar-refractivity contribution in [3.05, 3.63) is 161 Å². The molecule has 0 spiro atoms. The van der Waals surface area contributed by atoms with E-state index in [-0.39, 0.29) is 64.9 Å². The Morgan fingerprint density at radius 3 is 2.10 bits per heavy atom. The Morgan fingerprint density at radius 2 is 1.37 bits per heavy atom. The SMILES string of the molecule is COc1cc(C)cc(Nc2nc3ccc(-c4c(OC)cc(Nc5nc6c(nc5NS(=O)(=O)c5cccc(NC(=O)C7CN(C(C)=O)C7)c5)=C=C=CC=6)cc4OC)cc3nc2NCCc2cccc(NC(=O)CNc3ccc(C)cc3)c2)c1. The molecule has 1 saturated heterocycles. The molecule has 82 heavy (non-hydrogen) atoms. The molecule has 21 heteroatoms. The number of carbonyl (C=O) groups is 3. The Labute approximate surface area is 473 Å². The number of allylic oxidation sites excluding steroid dienone is 1. The van der Waals surface area contributed by atoms with Crippen molar-refractivity contribution in [2.24, 2.45) is 5.92 Å². The molecule has 0 radical (unpaired) electrons. The zero-order chi connectivity index (χ0) is 57.5. The number of rotatable bonds is 21. The van der Waals surface area contributed by atoms with Crippen molar-refractivity contribution < 1.29 is 37.0 Å². The first kappa shape index (κ1) is 55.1. The molecule has 0 unspecified atom stereocenters. The highest BCUT2D eigenvalue weighted by Crippen LogP contribution is 2.43. The lowest BCUT2D eigenvalue weighted by Gasteiger charge is -2.37. The average molecular weight is 1120 g/mol. The number of carbonyl (C=O) groups excluding carboxylic acids is 3. The molecule has 2 aliphatic rings. The second-order valence-corrected chi connectivity index (χ2v) is 21.2. The number of sulfonamides is 1. The Morgan fingerprint density at radius 1 is 0.659 bits per heavy atom. The first-order chi connectivity index (χ1) is 39.6. The third-order valence-corrected chi connectivity index (χ3v) is 14.8. The summed E-state index contributed by atoms with van der Waals surface area (Å²) in [4.78, 5) is 58.5. The van der Waals surface area contributed by atoms with Gasteiger partial charge in [-0.2, -0.15) is 0 Å². The minimum atomic E-state index is -4.34. The van der Waals surface area contributed by atoms with Gasteiger partial charge in [-0.25, -0.2) is 28.4 Å². The Kier molecular flexibility index (Phi) is 16.2. The number of benzene rings is 6. The molecular weight excluding hydrogens is 1060 g/mol.